The molecular formula is C42H42F3N3O10. The van der Waals surface area contributed by atoms with Crippen molar-refractivity contribution in [3.8, 4) is 0 Å². The smallest absolute Gasteiger partial charge is 0.422 e. The highest BCUT2D eigenvalue weighted by Crippen LogP contribution is 2.59. The quantitative estimate of drug-likeness (QED) is 0.205. The van der Waals surface area contributed by atoms with Crippen molar-refractivity contribution in [3.63, 3.8) is 0 Å². The minimum atomic E-state index is -4.69. The van der Waals surface area contributed by atoms with Gasteiger partial charge in [-0.2, -0.15) is 18.2 Å². The molecule has 1 saturated carbocycles. The average molecular weight is 806 g/mol. The summed E-state index contributed by atoms with van der Waals surface area (Å²) in [6.45, 7) is -2.23. The molecule has 3 aromatic carbocycles. The third-order valence-electron chi connectivity index (χ3n) is 11.6. The number of benzene rings is 3. The Hall–Kier alpha value is -5.13. The zero-order valence-electron chi connectivity index (χ0n) is 31.4. The van der Waals surface area contributed by atoms with Crippen LogP contribution in [0.3, 0.4) is 0 Å². The standard InChI is InChI=1S/C42H42F3N3O10/c1-47(30(37(51)46-17-18-49)19-25-9-3-2-4-10-25)39(53)41-22-31-33-34(57-40(56-33)20-27-12-6-7-13-28(27)21-40)36(41)58-48(35(41)38(52)55-31)23-29-14-8-5-11-26(29)15-16-32(50)54-24-42(43,44)45/h2-16,30-31,33-36,49H,17-24H2,1H3,(H,46,51). The van der Waals surface area contributed by atoms with Crippen molar-refractivity contribution in [2.24, 2.45) is 5.41 Å². The number of hydrogen-bond donors (Lipinski definition) is 2. The molecule has 8 rings (SSSR count). The van der Waals surface area contributed by atoms with E-state index in [-0.39, 0.29) is 32.5 Å². The van der Waals surface area contributed by atoms with Crippen LogP contribution in [0.1, 0.15) is 34.2 Å². The SMILES string of the molecule is CN(C(=O)C12CC3OC(=O)C1N(Cc1ccccc1C=CC(=O)OCC(F)(F)F)OC2C1OC2(Cc4ccccc4C2)OC31)C(Cc1ccccc1)C(=O)NCCO. The van der Waals surface area contributed by atoms with Crippen LogP contribution in [0.15, 0.2) is 84.9 Å². The molecule has 3 aliphatic heterocycles. The van der Waals surface area contributed by atoms with Gasteiger partial charge in [0.05, 0.1) is 13.2 Å². The second-order valence-corrected chi connectivity index (χ2v) is 15.3. The predicted octanol–water partition coefficient (Wildman–Crippen LogP) is 3.06. The minimum Gasteiger partial charge on any atom is -0.458 e. The molecule has 16 heteroatoms. The van der Waals surface area contributed by atoms with E-state index in [4.69, 9.17) is 19.0 Å². The zero-order valence-corrected chi connectivity index (χ0v) is 31.4. The number of carbonyl (C=O) groups is 4. The Morgan fingerprint density at radius 1 is 1.00 bits per heavy atom. The lowest BCUT2D eigenvalue weighted by molar-refractivity contribution is -0.218. The number of halogens is 3. The Morgan fingerprint density at radius 3 is 2.38 bits per heavy atom. The summed E-state index contributed by atoms with van der Waals surface area (Å²) in [7, 11) is 1.51. The van der Waals surface area contributed by atoms with E-state index in [1.54, 1.807) is 24.3 Å². The van der Waals surface area contributed by atoms with Crippen LogP contribution >= 0.6 is 0 Å². The van der Waals surface area contributed by atoms with E-state index in [2.05, 4.69) is 10.1 Å². The van der Waals surface area contributed by atoms with Crippen LogP contribution in [0.25, 0.3) is 6.08 Å². The number of aliphatic hydroxyl groups excluding tert-OH is 1. The van der Waals surface area contributed by atoms with Gasteiger partial charge in [0, 0.05) is 45.4 Å². The molecular weight excluding hydrogens is 763 g/mol. The first kappa shape index (κ1) is 39.7. The Kier molecular flexibility index (Phi) is 10.6. The number of esters is 2. The lowest BCUT2D eigenvalue weighted by Crippen LogP contribution is -2.70. The highest BCUT2D eigenvalue weighted by Gasteiger charge is 2.77. The minimum absolute atomic E-state index is 0.00971. The molecule has 3 aromatic rings. The van der Waals surface area contributed by atoms with Crippen molar-refractivity contribution in [1.29, 1.82) is 0 Å². The molecule has 4 fully saturated rings. The molecule has 0 radical (unpaired) electrons. The number of aliphatic hydroxyl groups is 1. The number of carbonyl (C=O) groups excluding carboxylic acids is 4. The summed E-state index contributed by atoms with van der Waals surface area (Å²) in [5.74, 6) is -4.11. The van der Waals surface area contributed by atoms with Crippen molar-refractivity contribution in [2.75, 3.05) is 26.8 Å². The van der Waals surface area contributed by atoms with Crippen LogP contribution < -0.4 is 5.32 Å². The summed E-state index contributed by atoms with van der Waals surface area (Å²) < 4.78 is 62.0. The zero-order chi connectivity index (χ0) is 40.8. The maximum atomic E-state index is 15.4. The topological polar surface area (TPSA) is 153 Å². The molecule has 2 N–H and O–H groups in total. The molecule has 13 nitrogen and oxygen atoms in total. The Bertz CT molecular complexity index is 2070. The molecule has 58 heavy (non-hydrogen) atoms. The third-order valence-corrected chi connectivity index (χ3v) is 11.6. The Balaban J connectivity index is 1.15. The van der Waals surface area contributed by atoms with Crippen LogP contribution in [0.5, 0.6) is 0 Å². The Morgan fingerprint density at radius 2 is 1.67 bits per heavy atom. The second-order valence-electron chi connectivity index (χ2n) is 15.3. The summed E-state index contributed by atoms with van der Waals surface area (Å²) in [6.07, 6.45) is -5.24. The third kappa shape index (κ3) is 7.39. The van der Waals surface area contributed by atoms with Gasteiger partial charge in [-0.05, 0) is 33.9 Å². The number of ether oxygens (including phenoxy) is 4. The molecule has 306 valence electrons. The molecule has 3 heterocycles. The van der Waals surface area contributed by atoms with Gasteiger partial charge < -0.3 is 34.3 Å². The maximum absolute atomic E-state index is 15.4. The number of amides is 2. The van der Waals surface area contributed by atoms with Crippen LogP contribution in [-0.2, 0) is 68.8 Å². The van der Waals surface area contributed by atoms with Crippen LogP contribution in [0.4, 0.5) is 13.2 Å². The van der Waals surface area contributed by atoms with E-state index in [0.717, 1.165) is 22.8 Å². The second kappa shape index (κ2) is 15.6. The number of rotatable bonds is 12. The van der Waals surface area contributed by atoms with E-state index in [1.807, 2.05) is 54.6 Å². The molecule has 3 saturated heterocycles. The van der Waals surface area contributed by atoms with Crippen molar-refractivity contribution in [2.45, 2.75) is 80.7 Å². The fourth-order valence-electron chi connectivity index (χ4n) is 9.12. The van der Waals surface area contributed by atoms with E-state index in [9.17, 15) is 32.7 Å². The van der Waals surface area contributed by atoms with Gasteiger partial charge >= 0.3 is 18.1 Å². The number of likely N-dealkylation sites (N-methyl/N-ethyl adjacent to an activating group) is 1. The number of alkyl halides is 3. The molecule has 2 aliphatic carbocycles. The van der Waals surface area contributed by atoms with E-state index >= 15 is 4.79 Å². The average Bonchev–Trinajstić information content (AvgIpc) is 3.88. The number of hydroxylamine groups is 2. The Labute approximate surface area is 331 Å². The first-order chi connectivity index (χ1) is 27.8. The molecule has 1 spiro atoms. The highest BCUT2D eigenvalue weighted by atomic mass is 19.4. The largest absolute Gasteiger partial charge is 0.458 e. The monoisotopic (exact) mass is 805 g/mol. The fourth-order valence-corrected chi connectivity index (χ4v) is 9.12. The van der Waals surface area contributed by atoms with Gasteiger partial charge in [0.2, 0.25) is 11.8 Å². The summed E-state index contributed by atoms with van der Waals surface area (Å²) in [5.41, 5.74) is 2.13. The number of hydrogen-bond acceptors (Lipinski definition) is 11. The predicted molar refractivity (Wildman–Crippen MR) is 197 cm³/mol. The van der Waals surface area contributed by atoms with Crippen molar-refractivity contribution >= 4 is 29.8 Å². The number of nitrogens with zero attached hydrogens (tertiary/aromatic N) is 2. The normalized spacial score (nSPS) is 27.2. The molecule has 7 unspecified atom stereocenters. The fraction of sp³-hybridized carbons (Fsp3) is 0.429. The van der Waals surface area contributed by atoms with Crippen molar-refractivity contribution in [1.82, 2.24) is 15.3 Å². The van der Waals surface area contributed by atoms with Gasteiger partial charge in [-0.1, -0.05) is 78.9 Å². The van der Waals surface area contributed by atoms with Crippen molar-refractivity contribution in [3.05, 3.63) is 113 Å². The van der Waals surface area contributed by atoms with Crippen LogP contribution in [0.2, 0.25) is 0 Å². The lowest BCUT2D eigenvalue weighted by atomic mass is 9.62. The van der Waals surface area contributed by atoms with Gasteiger partial charge in [0.25, 0.3) is 0 Å². The molecule has 2 amide bonds. The van der Waals surface area contributed by atoms with E-state index in [0.29, 0.717) is 24.0 Å². The summed E-state index contributed by atoms with van der Waals surface area (Å²) >= 11 is 0. The van der Waals surface area contributed by atoms with Gasteiger partial charge in [-0.3, -0.25) is 19.2 Å². The summed E-state index contributed by atoms with van der Waals surface area (Å²) in [6, 6.07) is 21.3. The van der Waals surface area contributed by atoms with Gasteiger partial charge in [-0.25, -0.2) is 4.79 Å². The highest BCUT2D eigenvalue weighted by molar-refractivity contribution is 5.96. The molecule has 2 bridgehead atoms. The van der Waals surface area contributed by atoms with Gasteiger partial charge in [0.15, 0.2) is 18.4 Å². The number of nitrogens with one attached hydrogen (secondary N) is 1. The van der Waals surface area contributed by atoms with Crippen molar-refractivity contribution < 1.29 is 61.2 Å². The van der Waals surface area contributed by atoms with Crippen LogP contribution in [-0.4, -0.2) is 114 Å². The van der Waals surface area contributed by atoms with E-state index < -0.39 is 84.2 Å². The first-order valence-electron chi connectivity index (χ1n) is 19.1. The summed E-state index contributed by atoms with van der Waals surface area (Å²) in [5, 5.41) is 13.6. The van der Waals surface area contributed by atoms with E-state index in [1.165, 1.54) is 23.1 Å². The van der Waals surface area contributed by atoms with Crippen LogP contribution in [0, 0.1) is 5.41 Å². The van der Waals surface area contributed by atoms with Gasteiger partial charge in [-0.15, -0.1) is 0 Å². The maximum Gasteiger partial charge on any atom is 0.422 e. The molecule has 0 aromatic heterocycles. The lowest BCUT2D eigenvalue weighted by Gasteiger charge is -2.50. The number of fused-ring (bicyclic) bond motifs is 5. The van der Waals surface area contributed by atoms with Gasteiger partial charge in [0.1, 0.15) is 35.9 Å². The molecule has 7 atom stereocenters. The summed E-state index contributed by atoms with van der Waals surface area (Å²) in [4.78, 5) is 63.8. The molecule has 5 aliphatic rings. The first-order valence-corrected chi connectivity index (χ1v) is 19.1.